The van der Waals surface area contributed by atoms with Crippen LogP contribution in [0.3, 0.4) is 0 Å². The predicted octanol–water partition coefficient (Wildman–Crippen LogP) is 2.33. The number of hydrogen-bond acceptors (Lipinski definition) is 3. The number of ether oxygens (including phenoxy) is 1. The zero-order valence-corrected chi connectivity index (χ0v) is 12.4. The van der Waals surface area contributed by atoms with Gasteiger partial charge in [0.25, 0.3) is 0 Å². The second-order valence-corrected chi connectivity index (χ2v) is 7.26. The van der Waals surface area contributed by atoms with Gasteiger partial charge in [0.15, 0.2) is 0 Å². The smallest absolute Gasteiger partial charge is 0.0690 e. The van der Waals surface area contributed by atoms with Crippen LogP contribution in [-0.4, -0.2) is 36.5 Å². The van der Waals surface area contributed by atoms with Crippen LogP contribution in [-0.2, 0) is 4.74 Å². The highest BCUT2D eigenvalue weighted by molar-refractivity contribution is 5.16. The van der Waals surface area contributed by atoms with Gasteiger partial charge >= 0.3 is 0 Å². The minimum absolute atomic E-state index is 0.179. The molecule has 0 radical (unpaired) electrons. The van der Waals surface area contributed by atoms with Gasteiger partial charge in [-0.2, -0.15) is 0 Å². The average Bonchev–Trinajstić information content (AvgIpc) is 2.94. The summed E-state index contributed by atoms with van der Waals surface area (Å²) in [4.78, 5) is 0. The summed E-state index contributed by atoms with van der Waals surface area (Å²) >= 11 is 0. The van der Waals surface area contributed by atoms with E-state index in [-0.39, 0.29) is 6.10 Å². The predicted molar refractivity (Wildman–Crippen MR) is 76.0 cm³/mol. The lowest BCUT2D eigenvalue weighted by Crippen LogP contribution is -2.67. The molecule has 3 fully saturated rings. The summed E-state index contributed by atoms with van der Waals surface area (Å²) in [6.45, 7) is 6.14. The molecule has 3 heteroatoms. The Morgan fingerprint density at radius 2 is 2.05 bits per heavy atom. The van der Waals surface area contributed by atoms with Crippen LogP contribution in [0.1, 0.15) is 52.4 Å². The van der Waals surface area contributed by atoms with Crippen LogP contribution in [0.25, 0.3) is 0 Å². The molecule has 1 aliphatic heterocycles. The van der Waals surface area contributed by atoms with Crippen molar-refractivity contribution in [2.24, 2.45) is 17.3 Å². The van der Waals surface area contributed by atoms with Crippen LogP contribution < -0.4 is 5.32 Å². The van der Waals surface area contributed by atoms with E-state index in [2.05, 4.69) is 12.2 Å². The van der Waals surface area contributed by atoms with Crippen LogP contribution in [0.5, 0.6) is 0 Å². The van der Waals surface area contributed by atoms with E-state index in [1.807, 2.05) is 6.92 Å². The summed E-state index contributed by atoms with van der Waals surface area (Å²) in [5, 5.41) is 13.3. The van der Waals surface area contributed by atoms with Crippen molar-refractivity contribution in [1.82, 2.24) is 5.32 Å². The van der Waals surface area contributed by atoms with Gasteiger partial charge in [0.1, 0.15) is 0 Å². The van der Waals surface area contributed by atoms with E-state index in [0.29, 0.717) is 23.5 Å². The fourth-order valence-corrected chi connectivity index (χ4v) is 5.00. The molecular weight excluding hydrogens is 238 g/mol. The number of fused-ring (bicyclic) bond motifs is 2. The van der Waals surface area contributed by atoms with Crippen molar-refractivity contribution in [3.63, 3.8) is 0 Å². The Morgan fingerprint density at radius 1 is 1.32 bits per heavy atom. The fourth-order valence-electron chi connectivity index (χ4n) is 5.00. The Kier molecular flexibility index (Phi) is 3.89. The molecule has 0 aromatic carbocycles. The normalized spacial score (nSPS) is 39.0. The van der Waals surface area contributed by atoms with E-state index < -0.39 is 0 Å². The SMILES string of the molecule is CC(O)CC(C)CNC1C2CCOC2C12CCCC2. The third-order valence-corrected chi connectivity index (χ3v) is 5.72. The van der Waals surface area contributed by atoms with Crippen LogP contribution in [0.4, 0.5) is 0 Å². The van der Waals surface area contributed by atoms with Gasteiger partial charge in [-0.1, -0.05) is 19.8 Å². The molecule has 1 saturated heterocycles. The number of rotatable bonds is 5. The van der Waals surface area contributed by atoms with Gasteiger partial charge in [0.05, 0.1) is 12.2 Å². The first-order valence-corrected chi connectivity index (χ1v) is 8.16. The molecule has 19 heavy (non-hydrogen) atoms. The standard InChI is InChI=1S/C16H29NO2/c1-11(9-12(2)18)10-17-14-13-5-8-19-15(13)16(14)6-3-4-7-16/h11-15,17-18H,3-10H2,1-2H3. The number of aliphatic hydroxyl groups is 1. The number of aliphatic hydroxyl groups excluding tert-OH is 1. The van der Waals surface area contributed by atoms with E-state index >= 15 is 0 Å². The van der Waals surface area contributed by atoms with Crippen molar-refractivity contribution in [3.05, 3.63) is 0 Å². The lowest BCUT2D eigenvalue weighted by atomic mass is 9.54. The molecule has 0 aromatic rings. The van der Waals surface area contributed by atoms with Gasteiger partial charge < -0.3 is 15.2 Å². The number of hydrogen-bond donors (Lipinski definition) is 2. The second kappa shape index (κ2) is 5.34. The van der Waals surface area contributed by atoms with Crippen LogP contribution in [0, 0.1) is 17.3 Å². The Morgan fingerprint density at radius 3 is 2.74 bits per heavy atom. The molecule has 2 saturated carbocycles. The highest BCUT2D eigenvalue weighted by Gasteiger charge is 2.64. The highest BCUT2D eigenvalue weighted by atomic mass is 16.5. The van der Waals surface area contributed by atoms with Gasteiger partial charge in [0, 0.05) is 24.0 Å². The Bertz CT molecular complexity index is 312. The lowest BCUT2D eigenvalue weighted by molar-refractivity contribution is -0.131. The van der Waals surface area contributed by atoms with Crippen molar-refractivity contribution in [3.8, 4) is 0 Å². The van der Waals surface area contributed by atoms with Crippen molar-refractivity contribution in [1.29, 1.82) is 0 Å². The molecule has 2 N–H and O–H groups in total. The molecular formula is C16H29NO2. The topological polar surface area (TPSA) is 41.5 Å². The third kappa shape index (κ3) is 2.34. The van der Waals surface area contributed by atoms with Crippen molar-refractivity contribution in [2.75, 3.05) is 13.2 Å². The first-order chi connectivity index (χ1) is 9.13. The van der Waals surface area contributed by atoms with Gasteiger partial charge in [-0.15, -0.1) is 0 Å². The molecule has 0 bridgehead atoms. The Balaban J connectivity index is 1.57. The summed E-state index contributed by atoms with van der Waals surface area (Å²) in [5.74, 6) is 1.32. The molecule has 3 rings (SSSR count). The largest absolute Gasteiger partial charge is 0.393 e. The molecule has 1 heterocycles. The molecule has 1 spiro atoms. The van der Waals surface area contributed by atoms with Gasteiger partial charge in [0.2, 0.25) is 0 Å². The van der Waals surface area contributed by atoms with Gasteiger partial charge in [-0.3, -0.25) is 0 Å². The quantitative estimate of drug-likeness (QED) is 0.803. The van der Waals surface area contributed by atoms with E-state index in [1.165, 1.54) is 32.1 Å². The number of nitrogens with one attached hydrogen (secondary N) is 1. The molecule has 5 atom stereocenters. The second-order valence-electron chi connectivity index (χ2n) is 7.26. The monoisotopic (exact) mass is 267 g/mol. The van der Waals surface area contributed by atoms with E-state index in [9.17, 15) is 5.11 Å². The zero-order chi connectivity index (χ0) is 13.5. The lowest BCUT2D eigenvalue weighted by Gasteiger charge is -2.57. The van der Waals surface area contributed by atoms with Crippen molar-refractivity contribution in [2.45, 2.75) is 70.6 Å². The van der Waals surface area contributed by atoms with E-state index in [0.717, 1.165) is 25.5 Å². The van der Waals surface area contributed by atoms with Gasteiger partial charge in [-0.05, 0) is 45.1 Å². The summed E-state index contributed by atoms with van der Waals surface area (Å²) in [6.07, 6.45) is 8.00. The molecule has 2 aliphatic carbocycles. The molecule has 3 aliphatic rings. The summed E-state index contributed by atoms with van der Waals surface area (Å²) in [7, 11) is 0. The van der Waals surface area contributed by atoms with E-state index in [1.54, 1.807) is 0 Å². The molecule has 110 valence electrons. The fraction of sp³-hybridized carbons (Fsp3) is 1.00. The Hall–Kier alpha value is -0.120. The summed E-state index contributed by atoms with van der Waals surface area (Å²) in [5.41, 5.74) is 0.464. The molecule has 0 amide bonds. The first-order valence-electron chi connectivity index (χ1n) is 8.16. The highest BCUT2D eigenvalue weighted by Crippen LogP contribution is 2.60. The van der Waals surface area contributed by atoms with E-state index in [4.69, 9.17) is 4.74 Å². The maximum Gasteiger partial charge on any atom is 0.0690 e. The summed E-state index contributed by atoms with van der Waals surface area (Å²) in [6, 6.07) is 0.680. The minimum Gasteiger partial charge on any atom is -0.393 e. The van der Waals surface area contributed by atoms with Crippen LogP contribution in [0.15, 0.2) is 0 Å². The minimum atomic E-state index is -0.179. The first kappa shape index (κ1) is 13.8. The third-order valence-electron chi connectivity index (χ3n) is 5.72. The van der Waals surface area contributed by atoms with Gasteiger partial charge in [-0.25, -0.2) is 0 Å². The maximum atomic E-state index is 9.47. The average molecular weight is 267 g/mol. The van der Waals surface area contributed by atoms with Crippen LogP contribution in [0.2, 0.25) is 0 Å². The Labute approximate surface area is 117 Å². The molecule has 0 aromatic heterocycles. The zero-order valence-electron chi connectivity index (χ0n) is 12.4. The molecule has 5 unspecified atom stereocenters. The molecule has 3 nitrogen and oxygen atoms in total. The maximum absolute atomic E-state index is 9.47. The van der Waals surface area contributed by atoms with Crippen LogP contribution >= 0.6 is 0 Å². The van der Waals surface area contributed by atoms with Crippen molar-refractivity contribution < 1.29 is 9.84 Å². The summed E-state index contributed by atoms with van der Waals surface area (Å²) < 4.78 is 6.01. The van der Waals surface area contributed by atoms with Crippen molar-refractivity contribution >= 4 is 0 Å².